The first-order valence-corrected chi connectivity index (χ1v) is 10.6. The third kappa shape index (κ3) is 4.11. The SMILES string of the molecule is O=C(O)CCc1cc2c(-c3cc(Cl)c(Cl)cc3C(=O)O)c3ccc(=O)cc-3oc2c(Cl)c1O. The van der Waals surface area contributed by atoms with E-state index < -0.39 is 11.9 Å². The Hall–Kier alpha value is -3.26. The summed E-state index contributed by atoms with van der Waals surface area (Å²) >= 11 is 18.6. The van der Waals surface area contributed by atoms with Crippen LogP contribution in [0.3, 0.4) is 0 Å². The largest absolute Gasteiger partial charge is 0.506 e. The van der Waals surface area contributed by atoms with Crippen LogP contribution in [0.5, 0.6) is 5.75 Å². The average Bonchev–Trinajstić information content (AvgIpc) is 2.75. The van der Waals surface area contributed by atoms with Crippen LogP contribution < -0.4 is 5.43 Å². The van der Waals surface area contributed by atoms with Crippen molar-refractivity contribution in [1.82, 2.24) is 0 Å². The Labute approximate surface area is 200 Å². The first-order chi connectivity index (χ1) is 15.6. The summed E-state index contributed by atoms with van der Waals surface area (Å²) in [7, 11) is 0. The number of fused-ring (bicyclic) bond motifs is 2. The predicted molar refractivity (Wildman–Crippen MR) is 124 cm³/mol. The van der Waals surface area contributed by atoms with E-state index in [2.05, 4.69) is 0 Å². The van der Waals surface area contributed by atoms with Gasteiger partial charge in [0.15, 0.2) is 11.0 Å². The highest BCUT2D eigenvalue weighted by molar-refractivity contribution is 6.42. The zero-order chi connectivity index (χ0) is 24.0. The standard InChI is InChI=1S/C23H13Cl3O7/c24-15-7-12(13(23(31)32)8-16(15)25)19-11-3-2-10(27)6-17(11)33-22-14(19)5-9(1-4-18(28)29)21(30)20(22)26/h2-3,5-8,30H,1,4H2,(H,28,29)(H,31,32). The highest BCUT2D eigenvalue weighted by atomic mass is 35.5. The maximum Gasteiger partial charge on any atom is 0.336 e. The number of carboxylic acid groups (broad SMARTS) is 2. The van der Waals surface area contributed by atoms with Crippen molar-refractivity contribution in [2.24, 2.45) is 0 Å². The van der Waals surface area contributed by atoms with Gasteiger partial charge in [-0.3, -0.25) is 9.59 Å². The number of aromatic hydroxyl groups is 1. The molecule has 1 heterocycles. The van der Waals surface area contributed by atoms with Crippen LogP contribution in [0.25, 0.3) is 33.4 Å². The molecule has 2 aliphatic rings. The number of carbonyl (C=O) groups is 2. The number of hydrogen-bond donors (Lipinski definition) is 3. The lowest BCUT2D eigenvalue weighted by Gasteiger charge is -2.19. The van der Waals surface area contributed by atoms with E-state index in [0.29, 0.717) is 16.5 Å². The Morgan fingerprint density at radius 1 is 0.939 bits per heavy atom. The fourth-order valence-corrected chi connectivity index (χ4v) is 4.25. The molecule has 2 aromatic carbocycles. The second kappa shape index (κ2) is 8.59. The van der Waals surface area contributed by atoms with Gasteiger partial charge < -0.3 is 19.7 Å². The average molecular weight is 508 g/mol. The molecule has 10 heteroatoms. The van der Waals surface area contributed by atoms with Crippen molar-refractivity contribution in [2.75, 3.05) is 0 Å². The number of hydrogen-bond acceptors (Lipinski definition) is 5. The summed E-state index contributed by atoms with van der Waals surface area (Å²) in [5, 5.41) is 29.6. The molecule has 4 rings (SSSR count). The molecule has 168 valence electrons. The lowest BCUT2D eigenvalue weighted by atomic mass is 9.89. The lowest BCUT2D eigenvalue weighted by molar-refractivity contribution is -0.136. The highest BCUT2D eigenvalue weighted by Gasteiger charge is 2.26. The van der Waals surface area contributed by atoms with Gasteiger partial charge in [-0.2, -0.15) is 0 Å². The van der Waals surface area contributed by atoms with Crippen molar-refractivity contribution >= 4 is 57.7 Å². The third-order valence-corrected chi connectivity index (χ3v) is 6.22. The van der Waals surface area contributed by atoms with E-state index in [1.807, 2.05) is 0 Å². The summed E-state index contributed by atoms with van der Waals surface area (Å²) in [6.45, 7) is 0. The van der Waals surface area contributed by atoms with Crippen molar-refractivity contribution in [2.45, 2.75) is 12.8 Å². The smallest absolute Gasteiger partial charge is 0.336 e. The van der Waals surface area contributed by atoms with Crippen molar-refractivity contribution < 1.29 is 29.3 Å². The molecule has 0 saturated heterocycles. The Morgan fingerprint density at radius 2 is 1.64 bits per heavy atom. The van der Waals surface area contributed by atoms with Gasteiger partial charge in [-0.15, -0.1) is 0 Å². The van der Waals surface area contributed by atoms with Crippen LogP contribution in [0, 0.1) is 0 Å². The van der Waals surface area contributed by atoms with Crippen molar-refractivity contribution in [3.63, 3.8) is 0 Å². The first-order valence-electron chi connectivity index (χ1n) is 9.44. The second-order valence-corrected chi connectivity index (χ2v) is 8.41. The highest BCUT2D eigenvalue weighted by Crippen LogP contribution is 2.47. The van der Waals surface area contributed by atoms with Crippen molar-refractivity contribution in [3.8, 4) is 28.2 Å². The van der Waals surface area contributed by atoms with Gasteiger partial charge in [0.25, 0.3) is 0 Å². The molecule has 2 aromatic rings. The molecule has 1 aliphatic heterocycles. The van der Waals surface area contributed by atoms with Gasteiger partial charge in [0, 0.05) is 29.0 Å². The summed E-state index contributed by atoms with van der Waals surface area (Å²) in [4.78, 5) is 35.1. The van der Waals surface area contributed by atoms with Gasteiger partial charge in [0.2, 0.25) is 0 Å². The van der Waals surface area contributed by atoms with E-state index in [1.165, 1.54) is 36.4 Å². The number of phenols is 1. The molecule has 0 atom stereocenters. The maximum atomic E-state index is 12.0. The normalized spacial score (nSPS) is 11.2. The second-order valence-electron chi connectivity index (χ2n) is 7.22. The topological polar surface area (TPSA) is 125 Å². The van der Waals surface area contributed by atoms with E-state index in [-0.39, 0.29) is 67.1 Å². The number of phenolic OH excluding ortho intramolecular Hbond substituents is 1. The molecule has 0 fully saturated rings. The van der Waals surface area contributed by atoms with E-state index in [9.17, 15) is 24.6 Å². The van der Waals surface area contributed by atoms with Gasteiger partial charge in [0.05, 0.1) is 15.6 Å². The van der Waals surface area contributed by atoms with Gasteiger partial charge in [-0.25, -0.2) is 4.79 Å². The summed E-state index contributed by atoms with van der Waals surface area (Å²) in [6, 6.07) is 8.04. The monoisotopic (exact) mass is 506 g/mol. The minimum atomic E-state index is -1.28. The maximum absolute atomic E-state index is 12.0. The zero-order valence-electron chi connectivity index (χ0n) is 16.5. The quantitative estimate of drug-likeness (QED) is 0.285. The summed E-state index contributed by atoms with van der Waals surface area (Å²) in [5.41, 5.74) is 0.567. The number of rotatable bonds is 5. The molecular weight excluding hydrogens is 495 g/mol. The summed E-state index contributed by atoms with van der Waals surface area (Å²) in [6.07, 6.45) is -0.316. The van der Waals surface area contributed by atoms with Crippen molar-refractivity contribution in [3.05, 3.63) is 72.8 Å². The number of aryl methyl sites for hydroxylation is 1. The van der Waals surface area contributed by atoms with Crippen LogP contribution >= 0.6 is 34.8 Å². The number of carboxylic acids is 2. The Bertz CT molecular complexity index is 1490. The minimum Gasteiger partial charge on any atom is -0.506 e. The van der Waals surface area contributed by atoms with E-state index >= 15 is 0 Å². The number of halogens is 3. The van der Waals surface area contributed by atoms with Crippen molar-refractivity contribution in [1.29, 1.82) is 0 Å². The molecule has 0 spiro atoms. The van der Waals surface area contributed by atoms with Crippen LogP contribution in [0.1, 0.15) is 22.3 Å². The van der Waals surface area contributed by atoms with Gasteiger partial charge in [-0.1, -0.05) is 34.8 Å². The van der Waals surface area contributed by atoms with Gasteiger partial charge >= 0.3 is 11.9 Å². The molecule has 7 nitrogen and oxygen atoms in total. The number of aliphatic carboxylic acids is 1. The molecule has 3 N–H and O–H groups in total. The molecule has 0 saturated carbocycles. The Kier molecular flexibility index (Phi) is 5.97. The fraction of sp³-hybridized carbons (Fsp3) is 0.0870. The minimum absolute atomic E-state index is 0.0104. The molecule has 33 heavy (non-hydrogen) atoms. The molecule has 0 bridgehead atoms. The Balaban J connectivity index is 2.20. The van der Waals surface area contributed by atoms with Crippen LogP contribution in [0.15, 0.2) is 45.6 Å². The predicted octanol–water partition coefficient (Wildman–Crippen LogP) is 5.95. The van der Waals surface area contributed by atoms with E-state index in [4.69, 9.17) is 44.3 Å². The Morgan fingerprint density at radius 3 is 2.30 bits per heavy atom. The molecule has 0 unspecified atom stereocenters. The molecule has 0 radical (unpaired) electrons. The zero-order valence-corrected chi connectivity index (χ0v) is 18.8. The van der Waals surface area contributed by atoms with Gasteiger partial charge in [0.1, 0.15) is 16.5 Å². The van der Waals surface area contributed by atoms with Crippen LogP contribution in [-0.2, 0) is 11.2 Å². The van der Waals surface area contributed by atoms with Crippen LogP contribution in [0.2, 0.25) is 15.1 Å². The first kappa shape index (κ1) is 22.9. The molecule has 1 aliphatic carbocycles. The summed E-state index contributed by atoms with van der Waals surface area (Å²) in [5.74, 6) is -2.62. The summed E-state index contributed by atoms with van der Waals surface area (Å²) < 4.78 is 5.82. The van der Waals surface area contributed by atoms with E-state index in [0.717, 1.165) is 0 Å². The van der Waals surface area contributed by atoms with E-state index in [1.54, 1.807) is 0 Å². The molecule has 0 amide bonds. The van der Waals surface area contributed by atoms with Crippen LogP contribution in [-0.4, -0.2) is 27.3 Å². The molecule has 0 aromatic heterocycles. The third-order valence-electron chi connectivity index (χ3n) is 5.15. The fourth-order valence-electron chi connectivity index (χ4n) is 3.66. The number of aromatic carboxylic acids is 1. The van der Waals surface area contributed by atoms with Crippen LogP contribution in [0.4, 0.5) is 0 Å². The molecular formula is C23H13Cl3O7. The van der Waals surface area contributed by atoms with Gasteiger partial charge in [-0.05, 0) is 47.9 Å². The number of benzene rings is 3. The lowest BCUT2D eigenvalue weighted by Crippen LogP contribution is -2.04.